The van der Waals surface area contributed by atoms with Crippen molar-refractivity contribution in [3.8, 4) is 0 Å². The van der Waals surface area contributed by atoms with E-state index in [2.05, 4.69) is 22.8 Å². The molecular weight excluding hydrogens is 236 g/mol. The van der Waals surface area contributed by atoms with Crippen molar-refractivity contribution in [3.05, 3.63) is 35.9 Å². The van der Waals surface area contributed by atoms with Gasteiger partial charge in [0.05, 0.1) is 6.54 Å². The van der Waals surface area contributed by atoms with E-state index in [9.17, 15) is 4.79 Å². The largest absolute Gasteiger partial charge is 0.355 e. The molecule has 0 bridgehead atoms. The fourth-order valence-corrected chi connectivity index (χ4v) is 2.60. The molecule has 0 saturated heterocycles. The topological polar surface area (TPSA) is 41.1 Å². The summed E-state index contributed by atoms with van der Waals surface area (Å²) in [7, 11) is 0. The van der Waals surface area contributed by atoms with Crippen LogP contribution in [-0.4, -0.2) is 25.0 Å². The Morgan fingerprint density at radius 3 is 2.58 bits per heavy atom. The van der Waals surface area contributed by atoms with Crippen LogP contribution < -0.4 is 10.6 Å². The Bertz CT molecular complexity index is 372. The highest BCUT2D eigenvalue weighted by Crippen LogP contribution is 2.16. The second kappa shape index (κ2) is 7.95. The number of hydrogen-bond acceptors (Lipinski definition) is 2. The third-order valence-corrected chi connectivity index (χ3v) is 3.74. The van der Waals surface area contributed by atoms with E-state index >= 15 is 0 Å². The Kier molecular flexibility index (Phi) is 5.89. The maximum Gasteiger partial charge on any atom is 0.233 e. The zero-order valence-corrected chi connectivity index (χ0v) is 11.5. The molecule has 1 aromatic rings. The Morgan fingerprint density at radius 1 is 1.11 bits per heavy atom. The molecule has 1 saturated carbocycles. The van der Waals surface area contributed by atoms with Gasteiger partial charge >= 0.3 is 0 Å². The van der Waals surface area contributed by atoms with Gasteiger partial charge in [0.2, 0.25) is 5.91 Å². The van der Waals surface area contributed by atoms with Crippen LogP contribution in [0.4, 0.5) is 0 Å². The highest BCUT2D eigenvalue weighted by atomic mass is 16.1. The van der Waals surface area contributed by atoms with E-state index < -0.39 is 0 Å². The molecule has 0 heterocycles. The van der Waals surface area contributed by atoms with Crippen LogP contribution in [0.15, 0.2) is 30.3 Å². The number of rotatable bonds is 6. The third kappa shape index (κ3) is 5.43. The van der Waals surface area contributed by atoms with E-state index in [0.29, 0.717) is 12.6 Å². The highest BCUT2D eigenvalue weighted by Gasteiger charge is 2.13. The third-order valence-electron chi connectivity index (χ3n) is 3.74. The van der Waals surface area contributed by atoms with Crippen LogP contribution >= 0.6 is 0 Å². The zero-order chi connectivity index (χ0) is 13.3. The van der Waals surface area contributed by atoms with Crippen molar-refractivity contribution < 1.29 is 4.79 Å². The summed E-state index contributed by atoms with van der Waals surface area (Å²) in [6, 6.07) is 10.8. The molecule has 0 spiro atoms. The molecule has 0 atom stereocenters. The smallest absolute Gasteiger partial charge is 0.233 e. The van der Waals surface area contributed by atoms with Crippen molar-refractivity contribution in [3.63, 3.8) is 0 Å². The standard InChI is InChI=1S/C16H24N2O/c19-16(13-18-15-9-5-2-6-10-15)17-12-11-14-7-3-1-4-8-14/h1,3-4,7-8,15,18H,2,5-6,9-13H2,(H,17,19). The lowest BCUT2D eigenvalue weighted by Gasteiger charge is -2.22. The Hall–Kier alpha value is -1.35. The average molecular weight is 260 g/mol. The lowest BCUT2D eigenvalue weighted by atomic mass is 9.95. The summed E-state index contributed by atoms with van der Waals surface area (Å²) in [4.78, 5) is 11.7. The molecule has 0 aliphatic heterocycles. The molecule has 0 unspecified atom stereocenters. The second-order valence-corrected chi connectivity index (χ2v) is 5.30. The summed E-state index contributed by atoms with van der Waals surface area (Å²) in [6.07, 6.45) is 7.28. The number of carbonyl (C=O) groups excluding carboxylic acids is 1. The first-order chi connectivity index (χ1) is 9.34. The van der Waals surface area contributed by atoms with Crippen LogP contribution in [0.5, 0.6) is 0 Å². The molecule has 1 aliphatic carbocycles. The average Bonchev–Trinajstić information content (AvgIpc) is 2.47. The van der Waals surface area contributed by atoms with Crippen LogP contribution in [0.25, 0.3) is 0 Å². The van der Waals surface area contributed by atoms with Gasteiger partial charge in [0.25, 0.3) is 0 Å². The molecule has 2 N–H and O–H groups in total. The molecule has 3 heteroatoms. The van der Waals surface area contributed by atoms with Crippen molar-refractivity contribution in [2.24, 2.45) is 0 Å². The molecule has 1 fully saturated rings. The normalized spacial score (nSPS) is 16.2. The Balaban J connectivity index is 1.57. The minimum absolute atomic E-state index is 0.113. The summed E-state index contributed by atoms with van der Waals surface area (Å²) < 4.78 is 0. The predicted octanol–water partition coefficient (Wildman–Crippen LogP) is 2.27. The van der Waals surface area contributed by atoms with Crippen molar-refractivity contribution in [1.29, 1.82) is 0 Å². The first-order valence-electron chi connectivity index (χ1n) is 7.38. The quantitative estimate of drug-likeness (QED) is 0.824. The Morgan fingerprint density at radius 2 is 1.84 bits per heavy atom. The van der Waals surface area contributed by atoms with Crippen LogP contribution in [0.2, 0.25) is 0 Å². The van der Waals surface area contributed by atoms with Gasteiger partial charge < -0.3 is 10.6 Å². The summed E-state index contributed by atoms with van der Waals surface area (Å²) in [6.45, 7) is 1.18. The van der Waals surface area contributed by atoms with Crippen LogP contribution in [-0.2, 0) is 11.2 Å². The van der Waals surface area contributed by atoms with E-state index in [1.165, 1.54) is 37.7 Å². The molecular formula is C16H24N2O. The van der Waals surface area contributed by atoms with Gasteiger partial charge in [-0.3, -0.25) is 4.79 Å². The maximum atomic E-state index is 11.7. The fourth-order valence-electron chi connectivity index (χ4n) is 2.60. The molecule has 19 heavy (non-hydrogen) atoms. The van der Waals surface area contributed by atoms with Crippen LogP contribution in [0.1, 0.15) is 37.7 Å². The molecule has 1 amide bonds. The van der Waals surface area contributed by atoms with Crippen molar-refractivity contribution in [1.82, 2.24) is 10.6 Å². The SMILES string of the molecule is O=C(CNC1CCCCC1)NCCc1ccccc1. The zero-order valence-electron chi connectivity index (χ0n) is 11.5. The van der Waals surface area contributed by atoms with E-state index in [1.807, 2.05) is 18.2 Å². The van der Waals surface area contributed by atoms with Crippen molar-refractivity contribution in [2.75, 3.05) is 13.1 Å². The van der Waals surface area contributed by atoms with Gasteiger partial charge in [0.15, 0.2) is 0 Å². The van der Waals surface area contributed by atoms with Gasteiger partial charge in [-0.2, -0.15) is 0 Å². The van der Waals surface area contributed by atoms with Gasteiger partial charge in [-0.1, -0.05) is 49.6 Å². The number of carbonyl (C=O) groups is 1. The van der Waals surface area contributed by atoms with Gasteiger partial charge in [-0.05, 0) is 24.8 Å². The minimum atomic E-state index is 0.113. The van der Waals surface area contributed by atoms with Crippen LogP contribution in [0, 0.1) is 0 Å². The molecule has 104 valence electrons. The maximum absolute atomic E-state index is 11.7. The van der Waals surface area contributed by atoms with E-state index in [0.717, 1.165) is 13.0 Å². The minimum Gasteiger partial charge on any atom is -0.355 e. The lowest BCUT2D eigenvalue weighted by Crippen LogP contribution is -2.40. The summed E-state index contributed by atoms with van der Waals surface area (Å²) >= 11 is 0. The summed E-state index contributed by atoms with van der Waals surface area (Å²) in [5, 5.41) is 6.33. The van der Waals surface area contributed by atoms with E-state index in [1.54, 1.807) is 0 Å². The van der Waals surface area contributed by atoms with Crippen LogP contribution in [0.3, 0.4) is 0 Å². The van der Waals surface area contributed by atoms with Gasteiger partial charge in [-0.25, -0.2) is 0 Å². The fraction of sp³-hybridized carbons (Fsp3) is 0.562. The van der Waals surface area contributed by atoms with Gasteiger partial charge in [0, 0.05) is 12.6 Å². The first kappa shape index (κ1) is 14.1. The number of benzene rings is 1. The summed E-state index contributed by atoms with van der Waals surface area (Å²) in [5.74, 6) is 0.113. The molecule has 1 aliphatic rings. The molecule has 0 radical (unpaired) electrons. The number of amides is 1. The van der Waals surface area contributed by atoms with E-state index in [-0.39, 0.29) is 5.91 Å². The number of nitrogens with one attached hydrogen (secondary N) is 2. The highest BCUT2D eigenvalue weighted by molar-refractivity contribution is 5.78. The number of hydrogen-bond donors (Lipinski definition) is 2. The van der Waals surface area contributed by atoms with E-state index in [4.69, 9.17) is 0 Å². The lowest BCUT2D eigenvalue weighted by molar-refractivity contribution is -0.120. The molecule has 0 aromatic heterocycles. The first-order valence-corrected chi connectivity index (χ1v) is 7.38. The van der Waals surface area contributed by atoms with Crippen molar-refractivity contribution >= 4 is 5.91 Å². The molecule has 2 rings (SSSR count). The van der Waals surface area contributed by atoms with Gasteiger partial charge in [-0.15, -0.1) is 0 Å². The van der Waals surface area contributed by atoms with Gasteiger partial charge in [0.1, 0.15) is 0 Å². The summed E-state index contributed by atoms with van der Waals surface area (Å²) in [5.41, 5.74) is 1.27. The molecule has 3 nitrogen and oxygen atoms in total. The monoisotopic (exact) mass is 260 g/mol. The molecule has 1 aromatic carbocycles. The second-order valence-electron chi connectivity index (χ2n) is 5.30. The predicted molar refractivity (Wildman–Crippen MR) is 78.0 cm³/mol. The Labute approximate surface area is 115 Å². The van der Waals surface area contributed by atoms with Crippen molar-refractivity contribution in [2.45, 2.75) is 44.6 Å².